The molecule has 1 fully saturated rings. The van der Waals surface area contributed by atoms with Crippen molar-refractivity contribution in [2.24, 2.45) is 0 Å². The molecule has 0 aliphatic carbocycles. The van der Waals surface area contributed by atoms with Crippen molar-refractivity contribution >= 4 is 16.7 Å². The molecule has 4 heteroatoms. The van der Waals surface area contributed by atoms with Crippen molar-refractivity contribution in [2.75, 3.05) is 24.5 Å². The van der Waals surface area contributed by atoms with Crippen LogP contribution in [0.4, 0.5) is 10.1 Å². The average Bonchev–Trinajstić information content (AvgIpc) is 2.78. The number of halogens is 1. The first-order valence-corrected chi connectivity index (χ1v) is 5.90. The molecule has 3 rings (SSSR count). The van der Waals surface area contributed by atoms with Gasteiger partial charge in [0.25, 0.3) is 0 Å². The zero-order valence-corrected chi connectivity index (χ0v) is 9.74. The number of piperazine rings is 1. The molecular weight excluding hydrogens is 219 g/mol. The third-order valence-corrected chi connectivity index (χ3v) is 3.32. The number of hydrogen-bond donors (Lipinski definition) is 1. The number of benzene rings is 1. The summed E-state index contributed by atoms with van der Waals surface area (Å²) in [6.07, 6.45) is 1.53. The van der Waals surface area contributed by atoms with Crippen molar-refractivity contribution < 1.29 is 8.81 Å². The summed E-state index contributed by atoms with van der Waals surface area (Å²) in [4.78, 5) is 2.23. The second kappa shape index (κ2) is 4.04. The Balaban J connectivity index is 2.04. The highest BCUT2D eigenvalue weighted by atomic mass is 19.1. The fourth-order valence-electron chi connectivity index (χ4n) is 2.41. The largest absolute Gasteiger partial charge is 0.461 e. The highest BCUT2D eigenvalue weighted by Crippen LogP contribution is 2.27. The van der Waals surface area contributed by atoms with Crippen molar-refractivity contribution in [1.29, 1.82) is 0 Å². The van der Waals surface area contributed by atoms with E-state index in [9.17, 15) is 4.39 Å². The standard InChI is InChI=1S/C13H15FN2O/c1-9-8-15-3-4-16(9)11-6-10-2-5-17-13(10)12(14)7-11/h2,5-7,9,15H,3-4,8H2,1H3/t9-/m0/s1. The molecule has 1 saturated heterocycles. The second-order valence-corrected chi connectivity index (χ2v) is 4.51. The first-order chi connectivity index (χ1) is 8.25. The fourth-order valence-corrected chi connectivity index (χ4v) is 2.41. The van der Waals surface area contributed by atoms with E-state index in [1.807, 2.05) is 6.07 Å². The molecule has 1 aliphatic rings. The minimum atomic E-state index is -0.284. The van der Waals surface area contributed by atoms with Gasteiger partial charge in [0.15, 0.2) is 11.4 Å². The van der Waals surface area contributed by atoms with Gasteiger partial charge in [-0.15, -0.1) is 0 Å². The summed E-state index contributed by atoms with van der Waals surface area (Å²) in [7, 11) is 0. The zero-order chi connectivity index (χ0) is 11.8. The van der Waals surface area contributed by atoms with E-state index >= 15 is 0 Å². The SMILES string of the molecule is C[C@H]1CNCCN1c1cc(F)c2occc2c1. The van der Waals surface area contributed by atoms with E-state index < -0.39 is 0 Å². The normalized spacial score (nSPS) is 21.1. The molecular formula is C13H15FN2O. The minimum absolute atomic E-state index is 0.284. The predicted octanol–water partition coefficient (Wildman–Crippen LogP) is 2.37. The van der Waals surface area contributed by atoms with E-state index in [0.717, 1.165) is 30.7 Å². The molecule has 17 heavy (non-hydrogen) atoms. The van der Waals surface area contributed by atoms with Gasteiger partial charge in [0, 0.05) is 42.8 Å². The molecule has 1 aromatic heterocycles. The lowest BCUT2D eigenvalue weighted by Crippen LogP contribution is -2.49. The van der Waals surface area contributed by atoms with E-state index in [1.165, 1.54) is 6.26 Å². The van der Waals surface area contributed by atoms with Crippen molar-refractivity contribution in [2.45, 2.75) is 13.0 Å². The quantitative estimate of drug-likeness (QED) is 0.821. The summed E-state index contributed by atoms with van der Waals surface area (Å²) in [5.41, 5.74) is 1.28. The molecule has 1 aromatic carbocycles. The van der Waals surface area contributed by atoms with Gasteiger partial charge in [-0.2, -0.15) is 0 Å². The number of furan rings is 1. The summed E-state index contributed by atoms with van der Waals surface area (Å²) in [6, 6.07) is 5.74. The number of nitrogens with zero attached hydrogens (tertiary/aromatic N) is 1. The van der Waals surface area contributed by atoms with Crippen LogP contribution < -0.4 is 10.2 Å². The van der Waals surface area contributed by atoms with E-state index in [4.69, 9.17) is 4.42 Å². The van der Waals surface area contributed by atoms with E-state index in [-0.39, 0.29) is 5.82 Å². The lowest BCUT2D eigenvalue weighted by molar-refractivity contribution is 0.499. The Morgan fingerprint density at radius 1 is 1.47 bits per heavy atom. The molecule has 0 saturated carbocycles. The van der Waals surface area contributed by atoms with Crippen LogP contribution in [0.25, 0.3) is 11.0 Å². The molecule has 1 aliphatic heterocycles. The molecule has 1 N–H and O–H groups in total. The number of hydrogen-bond acceptors (Lipinski definition) is 3. The average molecular weight is 234 g/mol. The smallest absolute Gasteiger partial charge is 0.169 e. The summed E-state index contributed by atoms with van der Waals surface area (Å²) < 4.78 is 18.9. The van der Waals surface area contributed by atoms with Crippen molar-refractivity contribution in [1.82, 2.24) is 5.32 Å². The van der Waals surface area contributed by atoms with Crippen molar-refractivity contribution in [3.05, 3.63) is 30.3 Å². The van der Waals surface area contributed by atoms with Crippen molar-refractivity contribution in [3.63, 3.8) is 0 Å². The van der Waals surface area contributed by atoms with Crippen LogP contribution in [-0.4, -0.2) is 25.7 Å². The summed E-state index contributed by atoms with van der Waals surface area (Å²) >= 11 is 0. The van der Waals surface area contributed by atoms with Crippen LogP contribution in [0.1, 0.15) is 6.92 Å². The van der Waals surface area contributed by atoms with Gasteiger partial charge in [-0.05, 0) is 19.1 Å². The number of nitrogens with one attached hydrogen (secondary N) is 1. The van der Waals surface area contributed by atoms with Crippen LogP contribution in [0, 0.1) is 5.82 Å². The minimum Gasteiger partial charge on any atom is -0.461 e. The molecule has 2 aromatic rings. The molecule has 3 nitrogen and oxygen atoms in total. The maximum atomic E-state index is 13.8. The molecule has 0 unspecified atom stereocenters. The van der Waals surface area contributed by atoms with Gasteiger partial charge in [-0.1, -0.05) is 0 Å². The first kappa shape index (κ1) is 10.6. The van der Waals surface area contributed by atoms with Gasteiger partial charge in [0.2, 0.25) is 0 Å². The van der Waals surface area contributed by atoms with Crippen LogP contribution in [0.5, 0.6) is 0 Å². The maximum absolute atomic E-state index is 13.8. The van der Waals surface area contributed by atoms with Gasteiger partial charge < -0.3 is 14.6 Å². The highest BCUT2D eigenvalue weighted by molar-refractivity contribution is 5.82. The van der Waals surface area contributed by atoms with E-state index in [2.05, 4.69) is 17.1 Å². The number of anilines is 1. The van der Waals surface area contributed by atoms with Crippen LogP contribution in [0.15, 0.2) is 28.9 Å². The Labute approximate surface area is 99.2 Å². The Morgan fingerprint density at radius 3 is 3.18 bits per heavy atom. The Hall–Kier alpha value is -1.55. The van der Waals surface area contributed by atoms with Crippen molar-refractivity contribution in [3.8, 4) is 0 Å². The van der Waals surface area contributed by atoms with Gasteiger partial charge in [-0.3, -0.25) is 0 Å². The van der Waals surface area contributed by atoms with Crippen LogP contribution in [0.2, 0.25) is 0 Å². The first-order valence-electron chi connectivity index (χ1n) is 5.90. The summed E-state index contributed by atoms with van der Waals surface area (Å²) in [5.74, 6) is -0.284. The monoisotopic (exact) mass is 234 g/mol. The molecule has 0 spiro atoms. The maximum Gasteiger partial charge on any atom is 0.169 e. The Morgan fingerprint density at radius 2 is 2.35 bits per heavy atom. The second-order valence-electron chi connectivity index (χ2n) is 4.51. The van der Waals surface area contributed by atoms with Gasteiger partial charge in [0.1, 0.15) is 0 Å². The predicted molar refractivity (Wildman–Crippen MR) is 65.8 cm³/mol. The number of rotatable bonds is 1. The van der Waals surface area contributed by atoms with Gasteiger partial charge in [-0.25, -0.2) is 4.39 Å². The Bertz CT molecular complexity index is 537. The molecule has 0 amide bonds. The molecule has 0 bridgehead atoms. The lowest BCUT2D eigenvalue weighted by Gasteiger charge is -2.35. The number of fused-ring (bicyclic) bond motifs is 1. The molecule has 2 heterocycles. The van der Waals surface area contributed by atoms with Crippen LogP contribution >= 0.6 is 0 Å². The summed E-state index contributed by atoms with van der Waals surface area (Å²) in [5, 5.41) is 4.15. The van der Waals surface area contributed by atoms with E-state index in [0.29, 0.717) is 11.6 Å². The zero-order valence-electron chi connectivity index (χ0n) is 9.74. The third kappa shape index (κ3) is 1.78. The molecule has 90 valence electrons. The third-order valence-electron chi connectivity index (χ3n) is 3.32. The molecule has 0 radical (unpaired) electrons. The fraction of sp³-hybridized carbons (Fsp3) is 0.385. The summed E-state index contributed by atoms with van der Waals surface area (Å²) in [6.45, 7) is 4.92. The van der Waals surface area contributed by atoms with Gasteiger partial charge >= 0.3 is 0 Å². The van der Waals surface area contributed by atoms with Crippen LogP contribution in [-0.2, 0) is 0 Å². The topological polar surface area (TPSA) is 28.4 Å². The molecule has 1 atom stereocenters. The van der Waals surface area contributed by atoms with Gasteiger partial charge in [0.05, 0.1) is 6.26 Å². The Kier molecular flexibility index (Phi) is 2.52. The lowest BCUT2D eigenvalue weighted by atomic mass is 10.1. The van der Waals surface area contributed by atoms with Crippen LogP contribution in [0.3, 0.4) is 0 Å². The van der Waals surface area contributed by atoms with E-state index in [1.54, 1.807) is 12.1 Å². The highest BCUT2D eigenvalue weighted by Gasteiger charge is 2.19.